The number of rotatable bonds is 1. The lowest BCUT2D eigenvalue weighted by Crippen LogP contribution is -2.17. The molecule has 2 saturated carbocycles. The molecule has 0 spiro atoms. The van der Waals surface area contributed by atoms with Gasteiger partial charge in [0.1, 0.15) is 0 Å². The van der Waals surface area contributed by atoms with Crippen LogP contribution in [0.3, 0.4) is 0 Å². The van der Waals surface area contributed by atoms with Gasteiger partial charge >= 0.3 is 0 Å². The minimum Gasteiger partial charge on any atom is -0.0651 e. The molecule has 2 aliphatic carbocycles. The molecule has 0 heterocycles. The van der Waals surface area contributed by atoms with Crippen molar-refractivity contribution in [1.29, 1.82) is 0 Å². The van der Waals surface area contributed by atoms with E-state index in [-0.39, 0.29) is 0 Å². The lowest BCUT2D eigenvalue weighted by Gasteiger charge is -2.26. The number of hydrogen-bond acceptors (Lipinski definition) is 0. The van der Waals surface area contributed by atoms with Crippen molar-refractivity contribution in [1.82, 2.24) is 0 Å². The van der Waals surface area contributed by atoms with Crippen molar-refractivity contribution < 1.29 is 0 Å². The molecule has 6 atom stereocenters. The summed E-state index contributed by atoms with van der Waals surface area (Å²) < 4.78 is 0. The topological polar surface area (TPSA) is 0 Å². The molecule has 0 aromatic heterocycles. The summed E-state index contributed by atoms with van der Waals surface area (Å²) in [7, 11) is 0. The Labute approximate surface area is 109 Å². The van der Waals surface area contributed by atoms with Crippen molar-refractivity contribution in [2.75, 3.05) is 0 Å². The highest BCUT2D eigenvalue weighted by atomic mass is 14.4. The predicted molar refractivity (Wildman–Crippen MR) is 76.0 cm³/mol. The summed E-state index contributed by atoms with van der Waals surface area (Å²) in [5, 5.41) is 0. The first kappa shape index (κ1) is 13.4. The van der Waals surface area contributed by atoms with Gasteiger partial charge < -0.3 is 0 Å². The second kappa shape index (κ2) is 5.76. The SMILES string of the molecule is CCC1CCC2CCC(C)C(C)CC2CC1C. The fourth-order valence-electron chi connectivity index (χ4n) is 4.56. The molecule has 0 aromatic carbocycles. The van der Waals surface area contributed by atoms with E-state index >= 15 is 0 Å². The van der Waals surface area contributed by atoms with Gasteiger partial charge in [-0.15, -0.1) is 0 Å². The molecule has 0 amide bonds. The van der Waals surface area contributed by atoms with Crippen LogP contribution in [0.4, 0.5) is 0 Å². The summed E-state index contributed by atoms with van der Waals surface area (Å²) in [6.07, 6.45) is 10.5. The Bertz CT molecular complexity index is 232. The molecular formula is C17H32. The van der Waals surface area contributed by atoms with Gasteiger partial charge in [-0.3, -0.25) is 0 Å². The second-order valence-electron chi connectivity index (χ2n) is 7.25. The molecule has 2 aliphatic rings. The van der Waals surface area contributed by atoms with E-state index in [9.17, 15) is 0 Å². The van der Waals surface area contributed by atoms with Gasteiger partial charge in [-0.25, -0.2) is 0 Å². The van der Waals surface area contributed by atoms with Crippen molar-refractivity contribution >= 4 is 0 Å². The standard InChI is InChI=1S/C17H32/c1-5-15-8-9-16-7-6-12(2)13(3)10-17(16)11-14(15)4/h12-17H,5-11H2,1-4H3. The van der Waals surface area contributed by atoms with Crippen LogP contribution < -0.4 is 0 Å². The van der Waals surface area contributed by atoms with Crippen molar-refractivity contribution in [3.63, 3.8) is 0 Å². The lowest BCUT2D eigenvalue weighted by atomic mass is 9.79. The van der Waals surface area contributed by atoms with Crippen LogP contribution in [0.5, 0.6) is 0 Å². The smallest absolute Gasteiger partial charge is 0.0381 e. The van der Waals surface area contributed by atoms with Crippen LogP contribution in [-0.2, 0) is 0 Å². The maximum absolute atomic E-state index is 2.52. The Hall–Kier alpha value is 0. The van der Waals surface area contributed by atoms with E-state index in [2.05, 4.69) is 27.7 Å². The van der Waals surface area contributed by atoms with E-state index in [1.165, 1.54) is 44.9 Å². The minimum atomic E-state index is 0.968. The van der Waals surface area contributed by atoms with E-state index in [1.54, 1.807) is 0 Å². The first-order valence-electron chi connectivity index (χ1n) is 8.11. The third-order valence-electron chi connectivity index (χ3n) is 6.22. The van der Waals surface area contributed by atoms with Gasteiger partial charge in [0, 0.05) is 0 Å². The monoisotopic (exact) mass is 236 g/mol. The lowest BCUT2D eigenvalue weighted by molar-refractivity contribution is 0.241. The predicted octanol–water partition coefficient (Wildman–Crippen LogP) is 5.52. The van der Waals surface area contributed by atoms with Crippen molar-refractivity contribution in [2.45, 2.75) is 72.6 Å². The van der Waals surface area contributed by atoms with Crippen LogP contribution >= 0.6 is 0 Å². The molecule has 0 bridgehead atoms. The summed E-state index contributed by atoms with van der Waals surface area (Å²) in [4.78, 5) is 0. The van der Waals surface area contributed by atoms with Crippen LogP contribution in [0.15, 0.2) is 0 Å². The van der Waals surface area contributed by atoms with Gasteiger partial charge in [0.25, 0.3) is 0 Å². The van der Waals surface area contributed by atoms with Gasteiger partial charge in [-0.2, -0.15) is 0 Å². The van der Waals surface area contributed by atoms with Crippen molar-refractivity contribution in [3.8, 4) is 0 Å². The van der Waals surface area contributed by atoms with E-state index < -0.39 is 0 Å². The highest BCUT2D eigenvalue weighted by molar-refractivity contribution is 4.85. The quantitative estimate of drug-likeness (QED) is 0.562. The Morgan fingerprint density at radius 3 is 2.06 bits per heavy atom. The van der Waals surface area contributed by atoms with Crippen molar-refractivity contribution in [2.24, 2.45) is 35.5 Å². The Morgan fingerprint density at radius 2 is 1.35 bits per heavy atom. The zero-order valence-electron chi connectivity index (χ0n) is 12.4. The molecule has 0 heteroatoms. The van der Waals surface area contributed by atoms with Crippen LogP contribution in [0.2, 0.25) is 0 Å². The number of fused-ring (bicyclic) bond motifs is 1. The Balaban J connectivity index is 2.05. The molecular weight excluding hydrogens is 204 g/mol. The third kappa shape index (κ3) is 3.06. The maximum Gasteiger partial charge on any atom is -0.0381 e. The summed E-state index contributed by atoms with van der Waals surface area (Å²) >= 11 is 0. The van der Waals surface area contributed by atoms with Crippen LogP contribution in [0.25, 0.3) is 0 Å². The molecule has 0 N–H and O–H groups in total. The maximum atomic E-state index is 2.52. The number of hydrogen-bond donors (Lipinski definition) is 0. The Morgan fingerprint density at radius 1 is 0.706 bits per heavy atom. The fraction of sp³-hybridized carbons (Fsp3) is 1.00. The third-order valence-corrected chi connectivity index (χ3v) is 6.22. The molecule has 0 aromatic rings. The Kier molecular flexibility index (Phi) is 4.55. The highest BCUT2D eigenvalue weighted by Gasteiger charge is 2.34. The first-order valence-corrected chi connectivity index (χ1v) is 8.11. The van der Waals surface area contributed by atoms with Crippen LogP contribution in [0.1, 0.15) is 72.6 Å². The van der Waals surface area contributed by atoms with Crippen LogP contribution in [0, 0.1) is 35.5 Å². The first-order chi connectivity index (χ1) is 8.11. The van der Waals surface area contributed by atoms with Gasteiger partial charge in [0.05, 0.1) is 0 Å². The normalized spacial score (nSPS) is 48.0. The minimum absolute atomic E-state index is 0.968. The molecule has 0 saturated heterocycles. The highest BCUT2D eigenvalue weighted by Crippen LogP contribution is 2.45. The zero-order chi connectivity index (χ0) is 12.4. The van der Waals surface area contributed by atoms with E-state index in [4.69, 9.17) is 0 Å². The average Bonchev–Trinajstić information content (AvgIpc) is 2.52. The zero-order valence-corrected chi connectivity index (χ0v) is 12.4. The molecule has 17 heavy (non-hydrogen) atoms. The molecule has 2 fully saturated rings. The molecule has 2 rings (SSSR count). The summed E-state index contributed by atoms with van der Waals surface area (Å²) in [6.45, 7) is 9.90. The molecule has 100 valence electrons. The molecule has 6 unspecified atom stereocenters. The molecule has 0 aliphatic heterocycles. The van der Waals surface area contributed by atoms with Gasteiger partial charge in [-0.05, 0) is 67.6 Å². The van der Waals surface area contributed by atoms with Crippen LogP contribution in [-0.4, -0.2) is 0 Å². The summed E-state index contributed by atoms with van der Waals surface area (Å²) in [6, 6.07) is 0. The van der Waals surface area contributed by atoms with Crippen molar-refractivity contribution in [3.05, 3.63) is 0 Å². The van der Waals surface area contributed by atoms with E-state index in [0.29, 0.717) is 0 Å². The fourth-order valence-corrected chi connectivity index (χ4v) is 4.56. The van der Waals surface area contributed by atoms with Gasteiger partial charge in [-0.1, -0.05) is 40.5 Å². The van der Waals surface area contributed by atoms with E-state index in [1.807, 2.05) is 0 Å². The largest absolute Gasteiger partial charge is 0.0651 e. The summed E-state index contributed by atoms with van der Waals surface area (Å²) in [5.41, 5.74) is 0. The molecule has 0 nitrogen and oxygen atoms in total. The summed E-state index contributed by atoms with van der Waals surface area (Å²) in [5.74, 6) is 6.07. The average molecular weight is 236 g/mol. The van der Waals surface area contributed by atoms with E-state index in [0.717, 1.165) is 35.5 Å². The second-order valence-corrected chi connectivity index (χ2v) is 7.25. The van der Waals surface area contributed by atoms with Gasteiger partial charge in [0.2, 0.25) is 0 Å². The van der Waals surface area contributed by atoms with Gasteiger partial charge in [0.15, 0.2) is 0 Å². The molecule has 0 radical (unpaired) electrons.